The van der Waals surface area contributed by atoms with Crippen molar-refractivity contribution >= 4 is 5.71 Å². The maximum atomic E-state index is 5.48. The Bertz CT molecular complexity index is 587. The number of hydrogen-bond donors (Lipinski definition) is 0. The predicted molar refractivity (Wildman–Crippen MR) is 121 cm³/mol. The van der Waals surface area contributed by atoms with Gasteiger partial charge in [-0.25, -0.2) is 0 Å². The first-order valence-corrected chi connectivity index (χ1v) is 10.4. The maximum absolute atomic E-state index is 5.48. The standard InChI is InChI=1S/C25H40N2/c1-9-23(18-24(10-2)26-8)20(3)12-11-13-22-14-16-27(17-15-22)21(4)19-25(5,6)7/h2,9,18,20,22H,1,4,11-17,19H2,3,5-8H3/b23-18+,26-24?. The number of nitrogens with zero attached hydrogens (tertiary/aromatic N) is 2. The van der Waals surface area contributed by atoms with Gasteiger partial charge in [-0.15, -0.1) is 6.42 Å². The largest absolute Gasteiger partial charge is 0.375 e. The molecule has 1 fully saturated rings. The van der Waals surface area contributed by atoms with E-state index in [1.807, 2.05) is 12.2 Å². The number of terminal acetylenes is 1. The van der Waals surface area contributed by atoms with E-state index in [1.54, 1.807) is 7.05 Å². The summed E-state index contributed by atoms with van der Waals surface area (Å²) in [7, 11) is 1.74. The van der Waals surface area contributed by atoms with E-state index < -0.39 is 0 Å². The molecular weight excluding hydrogens is 328 g/mol. The van der Waals surface area contributed by atoms with E-state index in [0.29, 0.717) is 17.0 Å². The Morgan fingerprint density at radius 3 is 2.44 bits per heavy atom. The lowest BCUT2D eigenvalue weighted by Crippen LogP contribution is -2.34. The van der Waals surface area contributed by atoms with Crippen molar-refractivity contribution in [3.8, 4) is 12.3 Å². The van der Waals surface area contributed by atoms with Gasteiger partial charge in [-0.05, 0) is 54.6 Å². The molecule has 1 unspecified atom stereocenters. The number of allylic oxidation sites excluding steroid dienone is 4. The van der Waals surface area contributed by atoms with Crippen molar-refractivity contribution in [3.05, 3.63) is 36.6 Å². The molecule has 0 aromatic rings. The lowest BCUT2D eigenvalue weighted by atomic mass is 9.86. The van der Waals surface area contributed by atoms with Crippen molar-refractivity contribution in [2.24, 2.45) is 22.2 Å². The van der Waals surface area contributed by atoms with Crippen molar-refractivity contribution in [1.29, 1.82) is 0 Å². The van der Waals surface area contributed by atoms with Gasteiger partial charge in [0, 0.05) is 25.8 Å². The van der Waals surface area contributed by atoms with Crippen LogP contribution in [0, 0.1) is 29.6 Å². The Morgan fingerprint density at radius 2 is 1.96 bits per heavy atom. The summed E-state index contributed by atoms with van der Waals surface area (Å²) in [5, 5.41) is 0. The molecule has 27 heavy (non-hydrogen) atoms. The molecule has 0 saturated carbocycles. The molecule has 2 nitrogen and oxygen atoms in total. The highest BCUT2D eigenvalue weighted by Crippen LogP contribution is 2.30. The van der Waals surface area contributed by atoms with Crippen LogP contribution in [0.5, 0.6) is 0 Å². The third kappa shape index (κ3) is 8.65. The first-order chi connectivity index (χ1) is 12.7. The highest BCUT2D eigenvalue weighted by Gasteiger charge is 2.22. The summed E-state index contributed by atoms with van der Waals surface area (Å²) in [5.74, 6) is 3.94. The van der Waals surface area contributed by atoms with Gasteiger partial charge in [-0.2, -0.15) is 0 Å². The molecule has 1 heterocycles. The quantitative estimate of drug-likeness (QED) is 0.266. The Kier molecular flexibility index (Phi) is 9.64. The Labute approximate surface area is 168 Å². The van der Waals surface area contributed by atoms with Crippen LogP contribution in [0.1, 0.15) is 66.2 Å². The topological polar surface area (TPSA) is 15.6 Å². The lowest BCUT2D eigenvalue weighted by Gasteiger charge is -2.37. The predicted octanol–water partition coefficient (Wildman–Crippen LogP) is 6.27. The minimum atomic E-state index is 0.322. The summed E-state index contributed by atoms with van der Waals surface area (Å²) in [6, 6.07) is 0. The normalized spacial score (nSPS) is 18.1. The zero-order valence-electron chi connectivity index (χ0n) is 18.4. The highest BCUT2D eigenvalue weighted by atomic mass is 15.1. The minimum Gasteiger partial charge on any atom is -0.375 e. The van der Waals surface area contributed by atoms with Gasteiger partial charge in [0.05, 0.1) is 0 Å². The molecule has 0 aliphatic carbocycles. The fourth-order valence-corrected chi connectivity index (χ4v) is 3.87. The number of hydrogen-bond acceptors (Lipinski definition) is 2. The van der Waals surface area contributed by atoms with Crippen LogP contribution >= 0.6 is 0 Å². The average molecular weight is 369 g/mol. The van der Waals surface area contributed by atoms with Crippen LogP contribution in [0.2, 0.25) is 0 Å². The van der Waals surface area contributed by atoms with Gasteiger partial charge < -0.3 is 4.90 Å². The van der Waals surface area contributed by atoms with Gasteiger partial charge in [0.1, 0.15) is 5.71 Å². The molecule has 2 heteroatoms. The fraction of sp³-hybridized carbons (Fsp3) is 0.640. The zero-order chi connectivity index (χ0) is 20.4. The number of piperidine rings is 1. The van der Waals surface area contributed by atoms with Crippen LogP contribution in [0.25, 0.3) is 0 Å². The van der Waals surface area contributed by atoms with Crippen molar-refractivity contribution < 1.29 is 0 Å². The van der Waals surface area contributed by atoms with Gasteiger partial charge >= 0.3 is 0 Å². The van der Waals surface area contributed by atoms with E-state index in [0.717, 1.165) is 12.3 Å². The summed E-state index contributed by atoms with van der Waals surface area (Å²) in [6.45, 7) is 19.7. The summed E-state index contributed by atoms with van der Waals surface area (Å²) < 4.78 is 0. The van der Waals surface area contributed by atoms with E-state index in [1.165, 1.54) is 56.5 Å². The Balaban J connectivity index is 2.39. The molecule has 1 aliphatic rings. The van der Waals surface area contributed by atoms with Gasteiger partial charge in [0.25, 0.3) is 0 Å². The second-order valence-corrected chi connectivity index (χ2v) is 9.17. The van der Waals surface area contributed by atoms with Crippen LogP contribution in [0.3, 0.4) is 0 Å². The molecule has 0 amide bonds. The molecule has 1 aliphatic heterocycles. The second-order valence-electron chi connectivity index (χ2n) is 9.17. The van der Waals surface area contributed by atoms with Crippen LogP contribution in [-0.4, -0.2) is 30.7 Å². The number of rotatable bonds is 9. The number of aliphatic imine (C=N–C) groups is 1. The minimum absolute atomic E-state index is 0.322. The molecular formula is C25H40N2. The fourth-order valence-electron chi connectivity index (χ4n) is 3.87. The average Bonchev–Trinajstić information content (AvgIpc) is 2.62. The van der Waals surface area contributed by atoms with Gasteiger partial charge in [0.2, 0.25) is 0 Å². The molecule has 1 atom stereocenters. The van der Waals surface area contributed by atoms with Gasteiger partial charge in [-0.1, -0.05) is 65.7 Å². The maximum Gasteiger partial charge on any atom is 0.107 e. The van der Waals surface area contributed by atoms with Crippen LogP contribution in [0.15, 0.2) is 41.6 Å². The summed E-state index contributed by atoms with van der Waals surface area (Å²) >= 11 is 0. The van der Waals surface area contributed by atoms with Crippen LogP contribution in [-0.2, 0) is 0 Å². The van der Waals surface area contributed by atoms with Gasteiger partial charge in [0.15, 0.2) is 0 Å². The monoisotopic (exact) mass is 368 g/mol. The molecule has 0 radical (unpaired) electrons. The molecule has 0 N–H and O–H groups in total. The third-order valence-electron chi connectivity index (χ3n) is 5.54. The summed E-state index contributed by atoms with van der Waals surface area (Å²) in [4.78, 5) is 6.63. The van der Waals surface area contributed by atoms with Crippen molar-refractivity contribution in [2.75, 3.05) is 20.1 Å². The third-order valence-corrected chi connectivity index (χ3v) is 5.54. The van der Waals surface area contributed by atoms with E-state index >= 15 is 0 Å². The van der Waals surface area contributed by atoms with E-state index in [4.69, 9.17) is 6.42 Å². The first-order valence-electron chi connectivity index (χ1n) is 10.4. The molecule has 0 bridgehead atoms. The molecule has 1 saturated heterocycles. The van der Waals surface area contributed by atoms with Crippen molar-refractivity contribution in [1.82, 2.24) is 4.90 Å². The van der Waals surface area contributed by atoms with Crippen LogP contribution < -0.4 is 0 Å². The Hall–Kier alpha value is -1.75. The van der Waals surface area contributed by atoms with E-state index in [2.05, 4.69) is 56.7 Å². The number of likely N-dealkylation sites (tertiary alicyclic amines) is 1. The second kappa shape index (κ2) is 11.2. The van der Waals surface area contributed by atoms with E-state index in [9.17, 15) is 0 Å². The first kappa shape index (κ1) is 23.3. The molecule has 150 valence electrons. The molecule has 0 aromatic heterocycles. The van der Waals surface area contributed by atoms with Crippen molar-refractivity contribution in [2.45, 2.75) is 66.2 Å². The summed E-state index contributed by atoms with van der Waals surface area (Å²) in [6.07, 6.45) is 16.8. The molecule has 0 aromatic carbocycles. The van der Waals surface area contributed by atoms with Crippen molar-refractivity contribution in [3.63, 3.8) is 0 Å². The highest BCUT2D eigenvalue weighted by molar-refractivity contribution is 6.08. The SMILES string of the molecule is C#CC(/C=C(\C=C)C(C)CCCC1CCN(C(=C)CC(C)(C)C)CC1)=NC. The zero-order valence-corrected chi connectivity index (χ0v) is 18.4. The van der Waals surface area contributed by atoms with Crippen LogP contribution in [0.4, 0.5) is 0 Å². The summed E-state index contributed by atoms with van der Waals surface area (Å²) in [5.41, 5.74) is 3.53. The van der Waals surface area contributed by atoms with E-state index in [-0.39, 0.29) is 0 Å². The Morgan fingerprint density at radius 1 is 1.33 bits per heavy atom. The lowest BCUT2D eigenvalue weighted by molar-refractivity contribution is 0.198. The molecule has 0 spiro atoms. The van der Waals surface area contributed by atoms with Gasteiger partial charge in [-0.3, -0.25) is 4.99 Å². The smallest absolute Gasteiger partial charge is 0.107 e. The molecule has 1 rings (SSSR count).